The molecule has 0 amide bonds. The van der Waals surface area contributed by atoms with Gasteiger partial charge in [0.2, 0.25) is 0 Å². The molecule has 0 atom stereocenters. The van der Waals surface area contributed by atoms with Crippen LogP contribution in [0.1, 0.15) is 22.3 Å². The van der Waals surface area contributed by atoms with Crippen LogP contribution < -0.4 is 0 Å². The van der Waals surface area contributed by atoms with Gasteiger partial charge in [-0.2, -0.15) is 0 Å². The molecule has 0 saturated carbocycles. The van der Waals surface area contributed by atoms with Crippen LogP contribution in [0.2, 0.25) is 0 Å². The van der Waals surface area contributed by atoms with Crippen molar-refractivity contribution in [3.63, 3.8) is 0 Å². The standard InChI is InChI=1S/C28H26O3/c29-27(23-13-5-1-6-14-23,24-15-7-2-8-16-24)21-31-22-28(30,25-17-9-3-10-18-25)26-19-11-4-12-20-26/h1-20,29-30H,21-22H2. The molecule has 4 rings (SSSR count). The third kappa shape index (κ3) is 4.44. The summed E-state index contributed by atoms with van der Waals surface area (Å²) in [7, 11) is 0. The molecule has 0 aliphatic carbocycles. The van der Waals surface area contributed by atoms with Crippen LogP contribution in [0.3, 0.4) is 0 Å². The Balaban J connectivity index is 1.64. The minimum atomic E-state index is -1.34. The monoisotopic (exact) mass is 410 g/mol. The molecule has 0 aliphatic rings. The summed E-state index contributed by atoms with van der Waals surface area (Å²) < 4.78 is 6.08. The van der Waals surface area contributed by atoms with Gasteiger partial charge in [-0.3, -0.25) is 0 Å². The predicted octanol–water partition coefficient (Wildman–Crippen LogP) is 4.88. The van der Waals surface area contributed by atoms with Crippen molar-refractivity contribution in [3.05, 3.63) is 144 Å². The number of ether oxygens (including phenoxy) is 1. The molecule has 3 nitrogen and oxygen atoms in total. The molecule has 0 bridgehead atoms. The predicted molar refractivity (Wildman–Crippen MR) is 123 cm³/mol. The first-order chi connectivity index (χ1) is 15.1. The van der Waals surface area contributed by atoms with E-state index >= 15 is 0 Å². The van der Waals surface area contributed by atoms with Gasteiger partial charge in [0.25, 0.3) is 0 Å². The van der Waals surface area contributed by atoms with E-state index in [0.29, 0.717) is 0 Å². The molecular weight excluding hydrogens is 384 g/mol. The summed E-state index contributed by atoms with van der Waals surface area (Å²) in [6.45, 7) is 0.00596. The van der Waals surface area contributed by atoms with Crippen LogP contribution >= 0.6 is 0 Å². The molecule has 0 fully saturated rings. The smallest absolute Gasteiger partial charge is 0.138 e. The molecule has 0 unspecified atom stereocenters. The lowest BCUT2D eigenvalue weighted by Gasteiger charge is -2.33. The first-order valence-corrected chi connectivity index (χ1v) is 10.4. The van der Waals surface area contributed by atoms with Gasteiger partial charge >= 0.3 is 0 Å². The van der Waals surface area contributed by atoms with Crippen molar-refractivity contribution >= 4 is 0 Å². The topological polar surface area (TPSA) is 49.7 Å². The Kier molecular flexibility index (Phi) is 6.28. The van der Waals surface area contributed by atoms with Crippen LogP contribution in [0.4, 0.5) is 0 Å². The molecule has 0 radical (unpaired) electrons. The summed E-state index contributed by atoms with van der Waals surface area (Å²) in [6, 6.07) is 37.9. The lowest BCUT2D eigenvalue weighted by atomic mass is 9.86. The Morgan fingerprint density at radius 3 is 0.871 bits per heavy atom. The van der Waals surface area contributed by atoms with E-state index in [2.05, 4.69) is 0 Å². The first-order valence-electron chi connectivity index (χ1n) is 10.4. The van der Waals surface area contributed by atoms with Crippen LogP contribution in [0.25, 0.3) is 0 Å². The zero-order valence-corrected chi connectivity index (χ0v) is 17.3. The maximum Gasteiger partial charge on any atom is 0.138 e. The average molecular weight is 411 g/mol. The Labute approximate surface area is 183 Å². The van der Waals surface area contributed by atoms with Crippen molar-refractivity contribution in [1.29, 1.82) is 0 Å². The summed E-state index contributed by atoms with van der Waals surface area (Å²) >= 11 is 0. The minimum absolute atomic E-state index is 0.00298. The number of hydrogen-bond donors (Lipinski definition) is 2. The van der Waals surface area contributed by atoms with Gasteiger partial charge in [0.05, 0.1) is 13.2 Å². The Bertz CT molecular complexity index is 896. The highest BCUT2D eigenvalue weighted by atomic mass is 16.5. The second-order valence-electron chi connectivity index (χ2n) is 7.68. The van der Waals surface area contributed by atoms with Crippen molar-refractivity contribution in [2.45, 2.75) is 11.2 Å². The average Bonchev–Trinajstić information content (AvgIpc) is 2.86. The Morgan fingerprint density at radius 2 is 0.645 bits per heavy atom. The molecular formula is C28H26O3. The molecule has 31 heavy (non-hydrogen) atoms. The normalized spacial score (nSPS) is 11.9. The highest BCUT2D eigenvalue weighted by molar-refractivity contribution is 5.37. The number of rotatable bonds is 8. The molecule has 4 aromatic carbocycles. The quantitative estimate of drug-likeness (QED) is 0.435. The first kappa shape index (κ1) is 21.0. The van der Waals surface area contributed by atoms with Crippen LogP contribution in [0.5, 0.6) is 0 Å². The maximum atomic E-state index is 11.7. The summed E-state index contributed by atoms with van der Waals surface area (Å²) in [5.74, 6) is 0. The van der Waals surface area contributed by atoms with Crippen molar-refractivity contribution in [2.24, 2.45) is 0 Å². The largest absolute Gasteiger partial charge is 0.378 e. The van der Waals surface area contributed by atoms with Gasteiger partial charge in [-0.05, 0) is 22.3 Å². The fourth-order valence-corrected chi connectivity index (χ4v) is 3.87. The number of benzene rings is 4. The van der Waals surface area contributed by atoms with Gasteiger partial charge in [-0.1, -0.05) is 121 Å². The van der Waals surface area contributed by atoms with E-state index in [0.717, 1.165) is 22.3 Å². The zero-order valence-electron chi connectivity index (χ0n) is 17.3. The van der Waals surface area contributed by atoms with Gasteiger partial charge in [0.15, 0.2) is 0 Å². The number of hydrogen-bond acceptors (Lipinski definition) is 3. The van der Waals surface area contributed by atoms with Crippen LogP contribution in [0.15, 0.2) is 121 Å². The fourth-order valence-electron chi connectivity index (χ4n) is 3.87. The molecule has 4 aromatic rings. The van der Waals surface area contributed by atoms with E-state index in [1.165, 1.54) is 0 Å². The molecule has 0 heterocycles. The van der Waals surface area contributed by atoms with Gasteiger partial charge in [-0.25, -0.2) is 0 Å². The summed E-state index contributed by atoms with van der Waals surface area (Å²) in [5.41, 5.74) is 0.287. The molecule has 0 aromatic heterocycles. The van der Waals surface area contributed by atoms with E-state index in [4.69, 9.17) is 4.74 Å². The molecule has 0 spiro atoms. The minimum Gasteiger partial charge on any atom is -0.378 e. The SMILES string of the molecule is OC(COCC(O)(c1ccccc1)c1ccccc1)(c1ccccc1)c1ccccc1. The summed E-state index contributed by atoms with van der Waals surface area (Å²) in [6.07, 6.45) is 0. The molecule has 0 aliphatic heterocycles. The Hall–Kier alpha value is -3.24. The van der Waals surface area contributed by atoms with Gasteiger partial charge in [0, 0.05) is 0 Å². The fraction of sp³-hybridized carbons (Fsp3) is 0.143. The van der Waals surface area contributed by atoms with Crippen molar-refractivity contribution in [3.8, 4) is 0 Å². The third-order valence-electron chi connectivity index (χ3n) is 5.63. The summed E-state index contributed by atoms with van der Waals surface area (Å²) in [4.78, 5) is 0. The zero-order chi connectivity index (χ0) is 21.6. The highest BCUT2D eigenvalue weighted by Crippen LogP contribution is 2.33. The Morgan fingerprint density at radius 1 is 0.419 bits per heavy atom. The van der Waals surface area contributed by atoms with Crippen LogP contribution in [0, 0.1) is 0 Å². The molecule has 2 N–H and O–H groups in total. The van der Waals surface area contributed by atoms with E-state index < -0.39 is 11.2 Å². The molecule has 3 heteroatoms. The lowest BCUT2D eigenvalue weighted by molar-refractivity contribution is -0.0737. The molecule has 0 saturated heterocycles. The maximum absolute atomic E-state index is 11.7. The molecule has 156 valence electrons. The van der Waals surface area contributed by atoms with E-state index in [1.54, 1.807) is 0 Å². The second kappa shape index (κ2) is 9.27. The van der Waals surface area contributed by atoms with Gasteiger partial charge < -0.3 is 14.9 Å². The van der Waals surface area contributed by atoms with Crippen molar-refractivity contribution < 1.29 is 14.9 Å². The van der Waals surface area contributed by atoms with Crippen LogP contribution in [-0.2, 0) is 15.9 Å². The van der Waals surface area contributed by atoms with Gasteiger partial charge in [0.1, 0.15) is 11.2 Å². The van der Waals surface area contributed by atoms with Crippen molar-refractivity contribution in [1.82, 2.24) is 0 Å². The van der Waals surface area contributed by atoms with E-state index in [1.807, 2.05) is 121 Å². The van der Waals surface area contributed by atoms with Gasteiger partial charge in [-0.15, -0.1) is 0 Å². The van der Waals surface area contributed by atoms with Crippen LogP contribution in [-0.4, -0.2) is 23.4 Å². The highest BCUT2D eigenvalue weighted by Gasteiger charge is 2.36. The van der Waals surface area contributed by atoms with E-state index in [9.17, 15) is 10.2 Å². The summed E-state index contributed by atoms with van der Waals surface area (Å²) in [5, 5.41) is 23.4. The van der Waals surface area contributed by atoms with Crippen molar-refractivity contribution in [2.75, 3.05) is 13.2 Å². The third-order valence-corrected chi connectivity index (χ3v) is 5.63. The van der Waals surface area contributed by atoms with E-state index in [-0.39, 0.29) is 13.2 Å². The second-order valence-corrected chi connectivity index (χ2v) is 7.68. The number of aliphatic hydroxyl groups is 2. The lowest BCUT2D eigenvalue weighted by Crippen LogP contribution is -2.38.